The summed E-state index contributed by atoms with van der Waals surface area (Å²) in [6, 6.07) is 9.71. The van der Waals surface area contributed by atoms with E-state index >= 15 is 0 Å². The predicted octanol–water partition coefficient (Wildman–Crippen LogP) is 5.14. The fourth-order valence-corrected chi connectivity index (χ4v) is 4.47. The zero-order valence-corrected chi connectivity index (χ0v) is 16.0. The molecule has 1 aliphatic heterocycles. The van der Waals surface area contributed by atoms with Crippen molar-refractivity contribution in [3.63, 3.8) is 0 Å². The Bertz CT molecular complexity index is 916. The standard InChI is InChI=1S/C20H19ClN2O2S/c1-13-16-9-11-26-18(16)8-10-23(13)20(24)7-6-19-22-12-17(25-19)14-2-4-15(21)5-3-14/h2-5,9,11-13H,6-8,10H2,1H3. The SMILES string of the molecule is CC1c2ccsc2CCN1C(=O)CCc1ncc(-c2ccc(Cl)cc2)o1. The van der Waals surface area contributed by atoms with Crippen molar-refractivity contribution >= 4 is 28.8 Å². The Morgan fingerprint density at radius 3 is 2.96 bits per heavy atom. The van der Waals surface area contributed by atoms with Crippen molar-refractivity contribution in [3.8, 4) is 11.3 Å². The molecule has 4 rings (SSSR count). The number of rotatable bonds is 4. The normalized spacial score (nSPS) is 16.5. The number of carbonyl (C=O) groups excluding carboxylic acids is 1. The Hall–Kier alpha value is -2.11. The number of benzene rings is 1. The van der Waals surface area contributed by atoms with Gasteiger partial charge in [0.15, 0.2) is 11.7 Å². The Morgan fingerprint density at radius 1 is 1.35 bits per heavy atom. The predicted molar refractivity (Wildman–Crippen MR) is 103 cm³/mol. The first-order valence-corrected chi connectivity index (χ1v) is 9.94. The summed E-state index contributed by atoms with van der Waals surface area (Å²) < 4.78 is 5.79. The Labute approximate surface area is 161 Å². The van der Waals surface area contributed by atoms with Crippen LogP contribution in [0.5, 0.6) is 0 Å². The molecule has 0 aliphatic carbocycles. The molecule has 6 heteroatoms. The van der Waals surface area contributed by atoms with Gasteiger partial charge in [-0.05, 0) is 54.6 Å². The topological polar surface area (TPSA) is 46.3 Å². The summed E-state index contributed by atoms with van der Waals surface area (Å²) in [4.78, 5) is 20.4. The molecule has 3 aromatic rings. The number of oxazole rings is 1. The number of nitrogens with zero attached hydrogens (tertiary/aromatic N) is 2. The molecule has 1 atom stereocenters. The summed E-state index contributed by atoms with van der Waals surface area (Å²) >= 11 is 7.69. The first kappa shape index (κ1) is 17.3. The van der Waals surface area contributed by atoms with Crippen LogP contribution < -0.4 is 0 Å². The second-order valence-corrected chi connectivity index (χ2v) is 7.87. The van der Waals surface area contributed by atoms with Crippen molar-refractivity contribution in [3.05, 3.63) is 63.3 Å². The average molecular weight is 387 g/mol. The molecule has 0 saturated heterocycles. The zero-order valence-electron chi connectivity index (χ0n) is 14.4. The van der Waals surface area contributed by atoms with Gasteiger partial charge in [-0.2, -0.15) is 0 Å². The van der Waals surface area contributed by atoms with Crippen LogP contribution >= 0.6 is 22.9 Å². The second kappa shape index (κ2) is 7.25. The minimum atomic E-state index is 0.145. The summed E-state index contributed by atoms with van der Waals surface area (Å²) in [5.41, 5.74) is 2.21. The smallest absolute Gasteiger partial charge is 0.223 e. The van der Waals surface area contributed by atoms with Crippen LogP contribution in [0, 0.1) is 0 Å². The third kappa shape index (κ3) is 3.41. The molecule has 0 bridgehead atoms. The summed E-state index contributed by atoms with van der Waals surface area (Å²) in [6.07, 6.45) is 3.56. The Kier molecular flexibility index (Phi) is 4.83. The molecule has 1 amide bonds. The van der Waals surface area contributed by atoms with E-state index in [2.05, 4.69) is 23.4 Å². The van der Waals surface area contributed by atoms with Gasteiger partial charge in [-0.15, -0.1) is 11.3 Å². The van der Waals surface area contributed by atoms with E-state index in [4.69, 9.17) is 16.0 Å². The van der Waals surface area contributed by atoms with E-state index in [0.717, 1.165) is 18.5 Å². The molecule has 0 spiro atoms. The maximum atomic E-state index is 12.7. The largest absolute Gasteiger partial charge is 0.441 e. The lowest BCUT2D eigenvalue weighted by Crippen LogP contribution is -2.38. The van der Waals surface area contributed by atoms with Gasteiger partial charge in [-0.3, -0.25) is 4.79 Å². The van der Waals surface area contributed by atoms with Crippen molar-refractivity contribution in [1.82, 2.24) is 9.88 Å². The molecule has 0 fully saturated rings. The highest BCUT2D eigenvalue weighted by Gasteiger charge is 2.28. The van der Waals surface area contributed by atoms with Gasteiger partial charge in [0.1, 0.15) is 0 Å². The van der Waals surface area contributed by atoms with Crippen LogP contribution in [0.1, 0.15) is 35.7 Å². The Balaban J connectivity index is 1.39. The molecular weight excluding hydrogens is 368 g/mol. The number of thiophene rings is 1. The van der Waals surface area contributed by atoms with Gasteiger partial charge in [0.25, 0.3) is 0 Å². The van der Waals surface area contributed by atoms with Crippen LogP contribution in [0.25, 0.3) is 11.3 Å². The highest BCUT2D eigenvalue weighted by Crippen LogP contribution is 2.33. The van der Waals surface area contributed by atoms with Gasteiger partial charge in [-0.25, -0.2) is 4.98 Å². The van der Waals surface area contributed by atoms with Crippen LogP contribution in [-0.4, -0.2) is 22.3 Å². The lowest BCUT2D eigenvalue weighted by atomic mass is 10.0. The van der Waals surface area contributed by atoms with E-state index in [1.807, 2.05) is 29.2 Å². The number of hydrogen-bond acceptors (Lipinski definition) is 4. The lowest BCUT2D eigenvalue weighted by Gasteiger charge is -2.33. The van der Waals surface area contributed by atoms with E-state index in [0.29, 0.717) is 29.5 Å². The Morgan fingerprint density at radius 2 is 2.15 bits per heavy atom. The average Bonchev–Trinajstić information content (AvgIpc) is 3.30. The van der Waals surface area contributed by atoms with Gasteiger partial charge < -0.3 is 9.32 Å². The van der Waals surface area contributed by atoms with Crippen molar-refractivity contribution in [1.29, 1.82) is 0 Å². The first-order chi connectivity index (χ1) is 12.6. The monoisotopic (exact) mass is 386 g/mol. The first-order valence-electron chi connectivity index (χ1n) is 8.68. The molecule has 0 radical (unpaired) electrons. The van der Waals surface area contributed by atoms with Gasteiger partial charge in [-0.1, -0.05) is 11.6 Å². The number of amides is 1. The number of fused-ring (bicyclic) bond motifs is 1. The molecule has 1 aromatic carbocycles. The third-order valence-corrected chi connectivity index (χ3v) is 6.08. The van der Waals surface area contributed by atoms with E-state index in [1.165, 1.54) is 10.4 Å². The summed E-state index contributed by atoms with van der Waals surface area (Å²) in [7, 11) is 0. The molecule has 0 N–H and O–H groups in total. The highest BCUT2D eigenvalue weighted by atomic mass is 35.5. The maximum absolute atomic E-state index is 12.7. The van der Waals surface area contributed by atoms with Crippen molar-refractivity contribution in [2.24, 2.45) is 0 Å². The summed E-state index contributed by atoms with van der Waals surface area (Å²) in [5.74, 6) is 1.43. The minimum absolute atomic E-state index is 0.145. The number of halogens is 1. The van der Waals surface area contributed by atoms with Crippen LogP contribution in [0.2, 0.25) is 5.02 Å². The van der Waals surface area contributed by atoms with Gasteiger partial charge in [0.05, 0.1) is 12.2 Å². The van der Waals surface area contributed by atoms with Crippen molar-refractivity contribution < 1.29 is 9.21 Å². The lowest BCUT2D eigenvalue weighted by molar-refractivity contribution is -0.133. The number of hydrogen-bond donors (Lipinski definition) is 0. The van der Waals surface area contributed by atoms with Crippen LogP contribution in [0.3, 0.4) is 0 Å². The molecule has 3 heterocycles. The number of aryl methyl sites for hydroxylation is 1. The van der Waals surface area contributed by atoms with E-state index in [9.17, 15) is 4.79 Å². The number of carbonyl (C=O) groups is 1. The van der Waals surface area contributed by atoms with Crippen LogP contribution in [-0.2, 0) is 17.6 Å². The zero-order chi connectivity index (χ0) is 18.1. The molecule has 26 heavy (non-hydrogen) atoms. The quantitative estimate of drug-likeness (QED) is 0.624. The molecule has 134 valence electrons. The van der Waals surface area contributed by atoms with E-state index < -0.39 is 0 Å². The van der Waals surface area contributed by atoms with E-state index in [-0.39, 0.29) is 11.9 Å². The summed E-state index contributed by atoms with van der Waals surface area (Å²) in [5, 5.41) is 2.80. The van der Waals surface area contributed by atoms with Gasteiger partial charge in [0, 0.05) is 34.8 Å². The fourth-order valence-electron chi connectivity index (χ4n) is 3.38. The third-order valence-electron chi connectivity index (χ3n) is 4.83. The molecule has 0 saturated carbocycles. The molecule has 1 aliphatic rings. The van der Waals surface area contributed by atoms with Crippen LogP contribution in [0.15, 0.2) is 46.3 Å². The van der Waals surface area contributed by atoms with Gasteiger partial charge in [0.2, 0.25) is 5.91 Å². The van der Waals surface area contributed by atoms with Crippen LogP contribution in [0.4, 0.5) is 0 Å². The van der Waals surface area contributed by atoms with E-state index in [1.54, 1.807) is 17.5 Å². The second-order valence-electron chi connectivity index (χ2n) is 6.44. The van der Waals surface area contributed by atoms with Crippen molar-refractivity contribution in [2.75, 3.05) is 6.54 Å². The summed E-state index contributed by atoms with van der Waals surface area (Å²) in [6.45, 7) is 2.89. The van der Waals surface area contributed by atoms with Gasteiger partial charge >= 0.3 is 0 Å². The molecule has 4 nitrogen and oxygen atoms in total. The highest BCUT2D eigenvalue weighted by molar-refractivity contribution is 7.10. The van der Waals surface area contributed by atoms with Crippen molar-refractivity contribution in [2.45, 2.75) is 32.2 Å². The maximum Gasteiger partial charge on any atom is 0.223 e. The molecule has 2 aromatic heterocycles. The fraction of sp³-hybridized carbons (Fsp3) is 0.300. The molecular formula is C20H19ClN2O2S. The number of aromatic nitrogens is 1. The molecule has 1 unspecified atom stereocenters. The minimum Gasteiger partial charge on any atom is -0.441 e.